The molecule has 0 radical (unpaired) electrons. The van der Waals surface area contributed by atoms with Gasteiger partial charge in [0.2, 0.25) is 0 Å². The van der Waals surface area contributed by atoms with E-state index in [9.17, 15) is 0 Å². The Morgan fingerprint density at radius 2 is 1.95 bits per heavy atom. The van der Waals surface area contributed by atoms with Crippen LogP contribution in [0.2, 0.25) is 0 Å². The summed E-state index contributed by atoms with van der Waals surface area (Å²) >= 11 is 0. The van der Waals surface area contributed by atoms with Crippen molar-refractivity contribution in [2.75, 3.05) is 0 Å². The lowest BCUT2D eigenvalue weighted by atomic mass is 9.98. The molecule has 106 valence electrons. The molecule has 1 aliphatic heterocycles. The number of imidazole rings is 1. The molecule has 0 amide bonds. The first-order valence-electron chi connectivity index (χ1n) is 7.49. The zero-order valence-corrected chi connectivity index (χ0v) is 12.7. The maximum absolute atomic E-state index is 5.88. The van der Waals surface area contributed by atoms with Gasteiger partial charge >= 0.3 is 0 Å². The van der Waals surface area contributed by atoms with Crippen LogP contribution in [0.5, 0.6) is 0 Å². The van der Waals surface area contributed by atoms with Gasteiger partial charge < -0.3 is 10.3 Å². The third-order valence-electron chi connectivity index (χ3n) is 4.69. The summed E-state index contributed by atoms with van der Waals surface area (Å²) in [6.45, 7) is 8.17. The molecule has 2 N–H and O–H groups in total. The van der Waals surface area contributed by atoms with Crippen LogP contribution in [0, 0.1) is 20.8 Å². The number of fused-ring (bicyclic) bond motifs is 1. The van der Waals surface area contributed by atoms with Gasteiger partial charge in [-0.25, -0.2) is 4.98 Å². The van der Waals surface area contributed by atoms with Gasteiger partial charge in [0.15, 0.2) is 0 Å². The van der Waals surface area contributed by atoms with Gasteiger partial charge in [0.1, 0.15) is 5.82 Å². The van der Waals surface area contributed by atoms with Crippen LogP contribution < -0.4 is 5.73 Å². The van der Waals surface area contributed by atoms with Gasteiger partial charge in [-0.1, -0.05) is 12.1 Å². The summed E-state index contributed by atoms with van der Waals surface area (Å²) < 4.78 is 2.39. The van der Waals surface area contributed by atoms with E-state index in [1.165, 1.54) is 40.8 Å². The minimum Gasteiger partial charge on any atom is -0.328 e. The van der Waals surface area contributed by atoms with Crippen LogP contribution in [-0.2, 0) is 19.5 Å². The maximum atomic E-state index is 5.88. The first-order chi connectivity index (χ1) is 9.63. The molecule has 0 atom stereocenters. The van der Waals surface area contributed by atoms with E-state index in [4.69, 9.17) is 10.7 Å². The van der Waals surface area contributed by atoms with Crippen molar-refractivity contribution in [2.45, 2.75) is 53.1 Å². The summed E-state index contributed by atoms with van der Waals surface area (Å²) in [4.78, 5) is 4.85. The number of hydrogen-bond acceptors (Lipinski definition) is 2. The highest BCUT2D eigenvalue weighted by atomic mass is 15.1. The van der Waals surface area contributed by atoms with Crippen LogP contribution in [0.4, 0.5) is 0 Å². The highest BCUT2D eigenvalue weighted by Gasteiger charge is 2.21. The molecule has 0 bridgehead atoms. The summed E-state index contributed by atoms with van der Waals surface area (Å²) in [7, 11) is 0. The van der Waals surface area contributed by atoms with Crippen molar-refractivity contribution in [1.82, 2.24) is 9.55 Å². The zero-order valence-electron chi connectivity index (χ0n) is 12.7. The molecule has 2 aromatic rings. The highest BCUT2D eigenvalue weighted by Crippen LogP contribution is 2.31. The normalized spacial score (nSPS) is 14.4. The van der Waals surface area contributed by atoms with E-state index in [1.807, 2.05) is 0 Å². The predicted octanol–water partition coefficient (Wildman–Crippen LogP) is 3.27. The van der Waals surface area contributed by atoms with Gasteiger partial charge in [0.05, 0.1) is 5.69 Å². The van der Waals surface area contributed by atoms with E-state index in [1.54, 1.807) is 0 Å². The van der Waals surface area contributed by atoms with Gasteiger partial charge in [-0.05, 0) is 56.7 Å². The molecular weight excluding hydrogens is 246 g/mol. The van der Waals surface area contributed by atoms with E-state index in [0.717, 1.165) is 24.5 Å². The standard InChI is InChI=1S/C17H23N3/c1-11-7-8-14(13(3)12(11)2)17-19-15(10-18)16-6-4-5-9-20(16)17/h7-8H,4-6,9-10,18H2,1-3H3. The molecule has 0 saturated carbocycles. The lowest BCUT2D eigenvalue weighted by Crippen LogP contribution is -2.13. The van der Waals surface area contributed by atoms with Gasteiger partial charge in [-0.2, -0.15) is 0 Å². The third-order valence-corrected chi connectivity index (χ3v) is 4.69. The molecule has 20 heavy (non-hydrogen) atoms. The fraction of sp³-hybridized carbons (Fsp3) is 0.471. The Bertz CT molecular complexity index is 653. The number of benzene rings is 1. The monoisotopic (exact) mass is 269 g/mol. The minimum atomic E-state index is 0.541. The number of aryl methyl sites for hydroxylation is 1. The minimum absolute atomic E-state index is 0.541. The van der Waals surface area contributed by atoms with Gasteiger partial charge in [-0.15, -0.1) is 0 Å². The number of aromatic nitrogens is 2. The molecule has 0 saturated heterocycles. The Balaban J connectivity index is 2.20. The number of nitrogens with zero attached hydrogens (tertiary/aromatic N) is 2. The fourth-order valence-electron chi connectivity index (χ4n) is 3.19. The zero-order chi connectivity index (χ0) is 14.3. The van der Waals surface area contributed by atoms with Crippen molar-refractivity contribution in [3.8, 4) is 11.4 Å². The molecular formula is C17H23N3. The SMILES string of the molecule is Cc1ccc(-c2nc(CN)c3n2CCCC3)c(C)c1C. The molecule has 0 unspecified atom stereocenters. The Labute approximate surface area is 120 Å². The van der Waals surface area contributed by atoms with Crippen LogP contribution in [0.15, 0.2) is 12.1 Å². The van der Waals surface area contributed by atoms with Crippen molar-refractivity contribution < 1.29 is 0 Å². The van der Waals surface area contributed by atoms with Crippen LogP contribution in [-0.4, -0.2) is 9.55 Å². The average Bonchev–Trinajstić information content (AvgIpc) is 2.84. The summed E-state index contributed by atoms with van der Waals surface area (Å²) in [5.41, 5.74) is 13.6. The predicted molar refractivity (Wildman–Crippen MR) is 82.7 cm³/mol. The average molecular weight is 269 g/mol. The van der Waals surface area contributed by atoms with Crippen molar-refractivity contribution in [1.29, 1.82) is 0 Å². The van der Waals surface area contributed by atoms with E-state index >= 15 is 0 Å². The largest absolute Gasteiger partial charge is 0.328 e. The molecule has 3 rings (SSSR count). The highest BCUT2D eigenvalue weighted by molar-refractivity contribution is 5.64. The van der Waals surface area contributed by atoms with Crippen molar-refractivity contribution in [3.63, 3.8) is 0 Å². The molecule has 2 heterocycles. The Kier molecular flexibility index (Phi) is 3.38. The smallest absolute Gasteiger partial charge is 0.140 e. The van der Waals surface area contributed by atoms with Crippen LogP contribution in [0.25, 0.3) is 11.4 Å². The molecule has 0 fully saturated rings. The number of nitrogens with two attached hydrogens (primary N) is 1. The molecule has 1 aromatic heterocycles. The second-order valence-electron chi connectivity index (χ2n) is 5.82. The lowest BCUT2D eigenvalue weighted by Gasteiger charge is -2.18. The van der Waals surface area contributed by atoms with Crippen LogP contribution >= 0.6 is 0 Å². The van der Waals surface area contributed by atoms with E-state index in [-0.39, 0.29) is 0 Å². The molecule has 0 aliphatic carbocycles. The van der Waals surface area contributed by atoms with Crippen LogP contribution in [0.3, 0.4) is 0 Å². The molecule has 0 spiro atoms. The van der Waals surface area contributed by atoms with Gasteiger partial charge in [0.25, 0.3) is 0 Å². The summed E-state index contributed by atoms with van der Waals surface area (Å²) in [5, 5.41) is 0. The number of hydrogen-bond donors (Lipinski definition) is 1. The quantitative estimate of drug-likeness (QED) is 0.909. The first kappa shape index (κ1) is 13.4. The van der Waals surface area contributed by atoms with Crippen molar-refractivity contribution >= 4 is 0 Å². The van der Waals surface area contributed by atoms with Crippen LogP contribution in [0.1, 0.15) is 40.9 Å². The van der Waals surface area contributed by atoms with E-state index < -0.39 is 0 Å². The van der Waals surface area contributed by atoms with E-state index in [2.05, 4.69) is 37.5 Å². The maximum Gasteiger partial charge on any atom is 0.140 e. The topological polar surface area (TPSA) is 43.8 Å². The Morgan fingerprint density at radius 1 is 1.15 bits per heavy atom. The van der Waals surface area contributed by atoms with E-state index in [0.29, 0.717) is 6.54 Å². The van der Waals surface area contributed by atoms with Crippen molar-refractivity contribution in [2.24, 2.45) is 5.73 Å². The Morgan fingerprint density at radius 3 is 2.70 bits per heavy atom. The molecule has 1 aromatic carbocycles. The summed E-state index contributed by atoms with van der Waals surface area (Å²) in [6, 6.07) is 4.41. The summed E-state index contributed by atoms with van der Waals surface area (Å²) in [6.07, 6.45) is 3.61. The second-order valence-corrected chi connectivity index (χ2v) is 5.82. The molecule has 1 aliphatic rings. The van der Waals surface area contributed by atoms with Gasteiger partial charge in [-0.3, -0.25) is 0 Å². The molecule has 3 heteroatoms. The second kappa shape index (κ2) is 5.06. The Hall–Kier alpha value is -1.61. The van der Waals surface area contributed by atoms with Crippen molar-refractivity contribution in [3.05, 3.63) is 40.2 Å². The third kappa shape index (κ3) is 1.97. The lowest BCUT2D eigenvalue weighted by molar-refractivity contribution is 0.533. The first-order valence-corrected chi connectivity index (χ1v) is 7.49. The number of rotatable bonds is 2. The molecule has 3 nitrogen and oxygen atoms in total. The fourth-order valence-corrected chi connectivity index (χ4v) is 3.19. The van der Waals surface area contributed by atoms with Gasteiger partial charge in [0, 0.05) is 24.3 Å². The summed E-state index contributed by atoms with van der Waals surface area (Å²) in [5.74, 6) is 1.11.